The number of hydrogen-bond donors (Lipinski definition) is 1. The Morgan fingerprint density at radius 2 is 2.00 bits per heavy atom. The van der Waals surface area contributed by atoms with Crippen molar-refractivity contribution in [2.75, 3.05) is 19.3 Å². The van der Waals surface area contributed by atoms with Crippen molar-refractivity contribution >= 4 is 34.8 Å². The van der Waals surface area contributed by atoms with Gasteiger partial charge in [-0.05, 0) is 24.5 Å². The van der Waals surface area contributed by atoms with Crippen molar-refractivity contribution in [2.45, 2.75) is 20.3 Å². The Kier molecular flexibility index (Phi) is 5.29. The van der Waals surface area contributed by atoms with E-state index in [1.54, 1.807) is 24.1 Å². The Morgan fingerprint density at radius 3 is 2.50 bits per heavy atom. The largest absolute Gasteiger partial charge is 0.397 e. The summed E-state index contributed by atoms with van der Waals surface area (Å²) >= 11 is 11.8. The summed E-state index contributed by atoms with van der Waals surface area (Å²) in [6.45, 7) is 4.95. The Morgan fingerprint density at radius 1 is 1.39 bits per heavy atom. The van der Waals surface area contributed by atoms with Gasteiger partial charge in [-0.2, -0.15) is 0 Å². The molecule has 3 nitrogen and oxygen atoms in total. The van der Waals surface area contributed by atoms with Crippen LogP contribution < -0.4 is 5.73 Å². The fraction of sp³-hybridized carbons (Fsp3) is 0.462. The molecule has 1 amide bonds. The van der Waals surface area contributed by atoms with Crippen LogP contribution in [0.2, 0.25) is 10.0 Å². The van der Waals surface area contributed by atoms with E-state index in [2.05, 4.69) is 13.8 Å². The Balaban J connectivity index is 2.84. The highest BCUT2D eigenvalue weighted by molar-refractivity contribution is 6.43. The molecule has 0 radical (unpaired) electrons. The third-order valence-electron chi connectivity index (χ3n) is 2.69. The minimum atomic E-state index is -0.0964. The summed E-state index contributed by atoms with van der Waals surface area (Å²) < 4.78 is 0. The smallest absolute Gasteiger partial charge is 0.253 e. The minimum absolute atomic E-state index is 0.0964. The first-order chi connectivity index (χ1) is 8.32. The fourth-order valence-electron chi connectivity index (χ4n) is 1.51. The lowest BCUT2D eigenvalue weighted by Crippen LogP contribution is -2.28. The van der Waals surface area contributed by atoms with Gasteiger partial charge in [-0.1, -0.05) is 37.0 Å². The maximum Gasteiger partial charge on any atom is 0.253 e. The summed E-state index contributed by atoms with van der Waals surface area (Å²) in [7, 11) is 1.77. The van der Waals surface area contributed by atoms with Crippen LogP contribution in [-0.2, 0) is 0 Å². The highest BCUT2D eigenvalue weighted by Gasteiger charge is 2.15. The van der Waals surface area contributed by atoms with Crippen molar-refractivity contribution in [3.05, 3.63) is 27.7 Å². The molecular weight excluding hydrogens is 271 g/mol. The number of carbonyl (C=O) groups is 1. The van der Waals surface area contributed by atoms with Crippen LogP contribution in [0.5, 0.6) is 0 Å². The molecule has 0 aromatic heterocycles. The number of benzene rings is 1. The zero-order chi connectivity index (χ0) is 13.9. The number of nitrogens with two attached hydrogens (primary N) is 1. The number of hydrogen-bond acceptors (Lipinski definition) is 2. The average molecular weight is 289 g/mol. The van der Waals surface area contributed by atoms with Gasteiger partial charge in [0.2, 0.25) is 0 Å². The zero-order valence-electron chi connectivity index (χ0n) is 10.8. The predicted octanol–water partition coefficient (Wildman–Crippen LogP) is 3.69. The molecule has 100 valence electrons. The Bertz CT molecular complexity index is 424. The lowest BCUT2D eigenvalue weighted by molar-refractivity contribution is 0.0789. The van der Waals surface area contributed by atoms with Crippen LogP contribution in [0.15, 0.2) is 12.1 Å². The molecular formula is C13H18Cl2N2O. The van der Waals surface area contributed by atoms with E-state index in [-0.39, 0.29) is 10.9 Å². The van der Waals surface area contributed by atoms with Gasteiger partial charge in [0.05, 0.1) is 15.7 Å². The summed E-state index contributed by atoms with van der Waals surface area (Å²) in [6, 6.07) is 3.11. The molecule has 0 aliphatic heterocycles. The lowest BCUT2D eigenvalue weighted by atomic mass is 10.1. The second-order valence-corrected chi connectivity index (χ2v) is 5.56. The maximum absolute atomic E-state index is 12.1. The molecule has 0 saturated carbocycles. The Hall–Kier alpha value is -0.930. The molecule has 0 spiro atoms. The van der Waals surface area contributed by atoms with E-state index in [4.69, 9.17) is 28.9 Å². The van der Waals surface area contributed by atoms with E-state index >= 15 is 0 Å². The van der Waals surface area contributed by atoms with Gasteiger partial charge < -0.3 is 10.6 Å². The van der Waals surface area contributed by atoms with Crippen LogP contribution in [-0.4, -0.2) is 24.4 Å². The summed E-state index contributed by atoms with van der Waals surface area (Å²) in [4.78, 5) is 13.8. The van der Waals surface area contributed by atoms with Gasteiger partial charge in [0.15, 0.2) is 0 Å². The second kappa shape index (κ2) is 6.30. The second-order valence-electron chi connectivity index (χ2n) is 4.77. The van der Waals surface area contributed by atoms with Gasteiger partial charge in [0.1, 0.15) is 0 Å². The quantitative estimate of drug-likeness (QED) is 0.859. The highest BCUT2D eigenvalue weighted by Crippen LogP contribution is 2.29. The molecule has 0 atom stereocenters. The molecule has 0 aliphatic carbocycles. The molecule has 18 heavy (non-hydrogen) atoms. The molecule has 2 N–H and O–H groups in total. The summed E-state index contributed by atoms with van der Waals surface area (Å²) in [5.74, 6) is 0.458. The summed E-state index contributed by atoms with van der Waals surface area (Å²) in [6.07, 6.45) is 0.957. The van der Waals surface area contributed by atoms with E-state index in [0.29, 0.717) is 28.7 Å². The average Bonchev–Trinajstić information content (AvgIpc) is 2.31. The fourth-order valence-corrected chi connectivity index (χ4v) is 1.84. The number of amides is 1. The number of halogens is 2. The third kappa shape index (κ3) is 3.79. The lowest BCUT2D eigenvalue weighted by Gasteiger charge is -2.19. The van der Waals surface area contributed by atoms with Crippen molar-refractivity contribution in [1.82, 2.24) is 4.90 Å². The number of nitrogens with zero attached hydrogens (tertiary/aromatic N) is 1. The predicted molar refractivity (Wildman–Crippen MR) is 77.3 cm³/mol. The molecule has 0 heterocycles. The van der Waals surface area contributed by atoms with Crippen LogP contribution >= 0.6 is 23.2 Å². The monoisotopic (exact) mass is 288 g/mol. The first kappa shape index (κ1) is 15.1. The van der Waals surface area contributed by atoms with E-state index < -0.39 is 0 Å². The van der Waals surface area contributed by atoms with E-state index in [1.165, 1.54) is 0 Å². The standard InChI is InChI=1S/C13H18Cl2N2O/c1-8(2)4-5-17(3)13(18)9-6-10(14)12(15)11(16)7-9/h6-8H,4-5,16H2,1-3H3. The number of carbonyl (C=O) groups excluding carboxylic acids is 1. The van der Waals surface area contributed by atoms with Gasteiger partial charge >= 0.3 is 0 Å². The maximum atomic E-state index is 12.1. The van der Waals surface area contributed by atoms with Crippen LogP contribution in [0.4, 0.5) is 5.69 Å². The Labute approximate surface area is 118 Å². The van der Waals surface area contributed by atoms with Crippen LogP contribution in [0, 0.1) is 5.92 Å². The van der Waals surface area contributed by atoms with Gasteiger partial charge in [0.25, 0.3) is 5.91 Å². The first-order valence-corrected chi connectivity index (χ1v) is 6.58. The molecule has 1 aromatic rings. The van der Waals surface area contributed by atoms with E-state index in [1.807, 2.05) is 0 Å². The number of nitrogen functional groups attached to an aromatic ring is 1. The molecule has 0 unspecified atom stereocenters. The molecule has 1 aromatic carbocycles. The van der Waals surface area contributed by atoms with Crippen molar-refractivity contribution in [2.24, 2.45) is 5.92 Å². The van der Waals surface area contributed by atoms with Gasteiger partial charge in [-0.25, -0.2) is 0 Å². The van der Waals surface area contributed by atoms with Crippen LogP contribution in [0.25, 0.3) is 0 Å². The topological polar surface area (TPSA) is 46.3 Å². The van der Waals surface area contributed by atoms with Gasteiger partial charge in [0, 0.05) is 19.2 Å². The van der Waals surface area contributed by atoms with Crippen LogP contribution in [0.1, 0.15) is 30.6 Å². The van der Waals surface area contributed by atoms with Crippen molar-refractivity contribution in [3.8, 4) is 0 Å². The van der Waals surface area contributed by atoms with Crippen molar-refractivity contribution < 1.29 is 4.79 Å². The SMILES string of the molecule is CC(C)CCN(C)C(=O)c1cc(N)c(Cl)c(Cl)c1. The molecule has 1 rings (SSSR count). The first-order valence-electron chi connectivity index (χ1n) is 5.83. The molecule has 0 fully saturated rings. The number of anilines is 1. The zero-order valence-corrected chi connectivity index (χ0v) is 12.3. The van der Waals surface area contributed by atoms with Crippen molar-refractivity contribution in [3.63, 3.8) is 0 Å². The molecule has 0 bridgehead atoms. The van der Waals surface area contributed by atoms with Crippen molar-refractivity contribution in [1.29, 1.82) is 0 Å². The van der Waals surface area contributed by atoms with Gasteiger partial charge in [-0.3, -0.25) is 4.79 Å². The summed E-state index contributed by atoms with van der Waals surface area (Å²) in [5.41, 5.74) is 6.48. The van der Waals surface area contributed by atoms with E-state index in [0.717, 1.165) is 6.42 Å². The molecule has 0 aliphatic rings. The summed E-state index contributed by atoms with van der Waals surface area (Å²) in [5, 5.41) is 0.593. The molecule has 5 heteroatoms. The van der Waals surface area contributed by atoms with Crippen LogP contribution in [0.3, 0.4) is 0 Å². The third-order valence-corrected chi connectivity index (χ3v) is 3.51. The van der Waals surface area contributed by atoms with Gasteiger partial charge in [-0.15, -0.1) is 0 Å². The highest BCUT2D eigenvalue weighted by atomic mass is 35.5. The van der Waals surface area contributed by atoms with E-state index in [9.17, 15) is 4.79 Å². The molecule has 0 saturated heterocycles. The number of rotatable bonds is 4. The minimum Gasteiger partial charge on any atom is -0.397 e. The normalized spacial score (nSPS) is 10.8.